The number of aromatic nitrogens is 1. The van der Waals surface area contributed by atoms with Crippen molar-refractivity contribution in [2.24, 2.45) is 5.92 Å². The molecular formula is C13H17N3O3. The first-order valence-electron chi connectivity index (χ1n) is 6.28. The van der Waals surface area contributed by atoms with E-state index in [4.69, 9.17) is 5.11 Å². The van der Waals surface area contributed by atoms with Crippen molar-refractivity contribution in [3.05, 3.63) is 29.6 Å². The van der Waals surface area contributed by atoms with Crippen molar-refractivity contribution in [2.75, 3.05) is 19.6 Å². The Labute approximate surface area is 111 Å². The van der Waals surface area contributed by atoms with Crippen molar-refractivity contribution in [1.82, 2.24) is 15.2 Å². The third kappa shape index (κ3) is 3.29. The summed E-state index contributed by atoms with van der Waals surface area (Å²) in [5.74, 6) is -0.818. The van der Waals surface area contributed by atoms with E-state index in [9.17, 15) is 9.59 Å². The molecule has 0 unspecified atom stereocenters. The van der Waals surface area contributed by atoms with Gasteiger partial charge in [0.05, 0.1) is 17.2 Å². The fourth-order valence-corrected chi connectivity index (χ4v) is 2.11. The highest BCUT2D eigenvalue weighted by Gasteiger charge is 2.32. The predicted octanol–water partition coefficient (Wildman–Crippen LogP) is 0.348. The number of carboxylic acid groups (broad SMARTS) is 1. The van der Waals surface area contributed by atoms with Gasteiger partial charge in [-0.15, -0.1) is 0 Å². The summed E-state index contributed by atoms with van der Waals surface area (Å²) < 4.78 is 0. The van der Waals surface area contributed by atoms with E-state index in [1.54, 1.807) is 6.07 Å². The van der Waals surface area contributed by atoms with E-state index < -0.39 is 5.97 Å². The van der Waals surface area contributed by atoms with Gasteiger partial charge in [0.1, 0.15) is 0 Å². The topological polar surface area (TPSA) is 82.5 Å². The monoisotopic (exact) mass is 263 g/mol. The Morgan fingerprint density at radius 3 is 2.89 bits per heavy atom. The Bertz CT molecular complexity index is 484. The molecule has 102 valence electrons. The van der Waals surface area contributed by atoms with Crippen molar-refractivity contribution in [1.29, 1.82) is 0 Å². The third-order valence-electron chi connectivity index (χ3n) is 3.13. The number of carbonyl (C=O) groups excluding carboxylic acids is 1. The van der Waals surface area contributed by atoms with Crippen LogP contribution in [0, 0.1) is 5.92 Å². The molecule has 1 aromatic rings. The molecule has 1 amide bonds. The van der Waals surface area contributed by atoms with Gasteiger partial charge in [0, 0.05) is 32.4 Å². The molecule has 0 saturated carbocycles. The van der Waals surface area contributed by atoms with Gasteiger partial charge in [-0.2, -0.15) is 0 Å². The smallest absolute Gasteiger partial charge is 0.335 e. The third-order valence-corrected chi connectivity index (χ3v) is 3.13. The number of amides is 1. The second-order valence-electron chi connectivity index (χ2n) is 4.63. The second kappa shape index (κ2) is 5.79. The number of rotatable bonds is 5. The zero-order chi connectivity index (χ0) is 13.8. The number of aromatic carboxylic acids is 1. The first-order chi connectivity index (χ1) is 9.10. The van der Waals surface area contributed by atoms with Crippen LogP contribution in [0.3, 0.4) is 0 Å². The van der Waals surface area contributed by atoms with Gasteiger partial charge in [0.15, 0.2) is 0 Å². The summed E-state index contributed by atoms with van der Waals surface area (Å²) in [7, 11) is 0. The van der Waals surface area contributed by atoms with Gasteiger partial charge < -0.3 is 10.4 Å². The summed E-state index contributed by atoms with van der Waals surface area (Å²) in [6, 6.07) is 3.04. The minimum Gasteiger partial charge on any atom is -0.478 e. The first kappa shape index (κ1) is 13.5. The van der Waals surface area contributed by atoms with E-state index in [-0.39, 0.29) is 17.4 Å². The molecule has 0 spiro atoms. The molecule has 1 aliphatic heterocycles. The second-order valence-corrected chi connectivity index (χ2v) is 4.63. The number of nitrogens with one attached hydrogen (secondary N) is 1. The Kier molecular flexibility index (Phi) is 4.11. The number of nitrogens with zero attached hydrogens (tertiary/aromatic N) is 2. The van der Waals surface area contributed by atoms with Crippen LogP contribution in [0.25, 0.3) is 0 Å². The molecule has 0 atom stereocenters. The molecule has 2 rings (SSSR count). The summed E-state index contributed by atoms with van der Waals surface area (Å²) in [5, 5.41) is 11.7. The van der Waals surface area contributed by atoms with E-state index in [2.05, 4.69) is 15.2 Å². The Hall–Kier alpha value is -1.95. The van der Waals surface area contributed by atoms with Gasteiger partial charge in [-0.3, -0.25) is 14.7 Å². The normalized spacial score (nSPS) is 15.8. The summed E-state index contributed by atoms with van der Waals surface area (Å²) in [4.78, 5) is 28.6. The van der Waals surface area contributed by atoms with Crippen LogP contribution in [-0.2, 0) is 11.3 Å². The van der Waals surface area contributed by atoms with Crippen LogP contribution < -0.4 is 5.32 Å². The van der Waals surface area contributed by atoms with Crippen LogP contribution in [-0.4, -0.2) is 46.5 Å². The lowest BCUT2D eigenvalue weighted by atomic mass is 9.99. The molecular weight excluding hydrogens is 246 g/mol. The van der Waals surface area contributed by atoms with Gasteiger partial charge in [-0.05, 0) is 19.1 Å². The molecule has 1 aliphatic rings. The minimum absolute atomic E-state index is 0.0441. The molecule has 0 aliphatic carbocycles. The largest absolute Gasteiger partial charge is 0.478 e. The summed E-state index contributed by atoms with van der Waals surface area (Å²) in [6.45, 7) is 4.53. The standard InChI is InChI=1S/C13H17N3O3/c1-2-14-12(17)10-6-16(7-10)8-11-5-9(13(18)19)3-4-15-11/h3-5,10H,2,6-8H2,1H3,(H,14,17)(H,18,19). The van der Waals surface area contributed by atoms with Crippen molar-refractivity contribution in [3.63, 3.8) is 0 Å². The van der Waals surface area contributed by atoms with Crippen LogP contribution >= 0.6 is 0 Å². The maximum absolute atomic E-state index is 11.5. The molecule has 2 N–H and O–H groups in total. The molecule has 0 bridgehead atoms. The maximum Gasteiger partial charge on any atom is 0.335 e. The number of pyridine rings is 1. The molecule has 19 heavy (non-hydrogen) atoms. The lowest BCUT2D eigenvalue weighted by molar-refractivity contribution is -0.130. The minimum atomic E-state index is -0.951. The van der Waals surface area contributed by atoms with Gasteiger partial charge >= 0.3 is 5.97 Å². The number of carbonyl (C=O) groups is 2. The van der Waals surface area contributed by atoms with E-state index >= 15 is 0 Å². The van der Waals surface area contributed by atoms with Crippen LogP contribution in [0.1, 0.15) is 23.0 Å². The Morgan fingerprint density at radius 2 is 2.26 bits per heavy atom. The molecule has 0 aromatic carbocycles. The van der Waals surface area contributed by atoms with Crippen LogP contribution in [0.5, 0.6) is 0 Å². The zero-order valence-corrected chi connectivity index (χ0v) is 10.8. The highest BCUT2D eigenvalue weighted by molar-refractivity contribution is 5.87. The lowest BCUT2D eigenvalue weighted by Gasteiger charge is -2.37. The van der Waals surface area contributed by atoms with Gasteiger partial charge in [0.2, 0.25) is 5.91 Å². The van der Waals surface area contributed by atoms with E-state index in [1.165, 1.54) is 12.3 Å². The zero-order valence-electron chi connectivity index (χ0n) is 10.8. The van der Waals surface area contributed by atoms with Crippen molar-refractivity contribution >= 4 is 11.9 Å². The van der Waals surface area contributed by atoms with E-state index in [0.717, 1.165) is 0 Å². The summed E-state index contributed by atoms with van der Waals surface area (Å²) >= 11 is 0. The van der Waals surface area contributed by atoms with E-state index in [1.807, 2.05) is 6.92 Å². The van der Waals surface area contributed by atoms with Crippen molar-refractivity contribution in [2.45, 2.75) is 13.5 Å². The SMILES string of the molecule is CCNC(=O)C1CN(Cc2cc(C(=O)O)ccn2)C1. The molecule has 1 saturated heterocycles. The van der Waals surface area contributed by atoms with E-state index in [0.29, 0.717) is 31.9 Å². The number of hydrogen-bond acceptors (Lipinski definition) is 4. The first-order valence-corrected chi connectivity index (χ1v) is 6.28. The highest BCUT2D eigenvalue weighted by Crippen LogP contribution is 2.18. The van der Waals surface area contributed by atoms with Crippen LogP contribution in [0.4, 0.5) is 0 Å². The van der Waals surface area contributed by atoms with Crippen molar-refractivity contribution < 1.29 is 14.7 Å². The summed E-state index contributed by atoms with van der Waals surface area (Å²) in [6.07, 6.45) is 1.50. The van der Waals surface area contributed by atoms with Crippen LogP contribution in [0.2, 0.25) is 0 Å². The number of likely N-dealkylation sites (tertiary alicyclic amines) is 1. The molecule has 6 nitrogen and oxygen atoms in total. The fourth-order valence-electron chi connectivity index (χ4n) is 2.11. The Balaban J connectivity index is 1.86. The average molecular weight is 263 g/mol. The highest BCUT2D eigenvalue weighted by atomic mass is 16.4. The van der Waals surface area contributed by atoms with Gasteiger partial charge in [-0.1, -0.05) is 0 Å². The Morgan fingerprint density at radius 1 is 1.53 bits per heavy atom. The molecule has 0 radical (unpaired) electrons. The predicted molar refractivity (Wildman–Crippen MR) is 68.6 cm³/mol. The molecule has 1 aromatic heterocycles. The molecule has 2 heterocycles. The lowest BCUT2D eigenvalue weighted by Crippen LogP contribution is -2.53. The van der Waals surface area contributed by atoms with Gasteiger partial charge in [-0.25, -0.2) is 4.79 Å². The molecule has 6 heteroatoms. The fraction of sp³-hybridized carbons (Fsp3) is 0.462. The van der Waals surface area contributed by atoms with Crippen molar-refractivity contribution in [3.8, 4) is 0 Å². The summed E-state index contributed by atoms with van der Waals surface area (Å²) in [5.41, 5.74) is 0.958. The quantitative estimate of drug-likeness (QED) is 0.801. The van der Waals surface area contributed by atoms with Gasteiger partial charge in [0.25, 0.3) is 0 Å². The number of carboxylic acids is 1. The van der Waals surface area contributed by atoms with Crippen LogP contribution in [0.15, 0.2) is 18.3 Å². The molecule has 1 fully saturated rings. The number of hydrogen-bond donors (Lipinski definition) is 2. The maximum atomic E-state index is 11.5. The average Bonchev–Trinajstić information content (AvgIpc) is 2.33.